The standard InChI is InChI=1S/C14H21N3/c1-10(14-4-2-3-7-16-14)17-12-5-6-13(17)9-11(15)8-12/h2-4,7,10-13H,5-6,8-9,15H2,1H3. The molecule has 3 rings (SSSR count). The molecule has 1 aromatic heterocycles. The van der Waals surface area contributed by atoms with Crippen LogP contribution in [-0.4, -0.2) is 28.0 Å². The van der Waals surface area contributed by atoms with E-state index >= 15 is 0 Å². The highest BCUT2D eigenvalue weighted by molar-refractivity contribution is 5.11. The molecule has 1 aromatic rings. The van der Waals surface area contributed by atoms with Crippen LogP contribution in [0.3, 0.4) is 0 Å². The molecule has 2 saturated heterocycles. The van der Waals surface area contributed by atoms with Crippen molar-refractivity contribution >= 4 is 0 Å². The number of fused-ring (bicyclic) bond motifs is 2. The molecule has 2 N–H and O–H groups in total. The molecule has 0 saturated carbocycles. The van der Waals surface area contributed by atoms with Crippen LogP contribution in [-0.2, 0) is 0 Å². The number of hydrogen-bond acceptors (Lipinski definition) is 3. The fourth-order valence-electron chi connectivity index (χ4n) is 3.66. The Hall–Kier alpha value is -0.930. The van der Waals surface area contributed by atoms with Gasteiger partial charge in [0.05, 0.1) is 5.69 Å². The Morgan fingerprint density at radius 3 is 2.59 bits per heavy atom. The average molecular weight is 231 g/mol. The highest BCUT2D eigenvalue weighted by Crippen LogP contribution is 2.40. The van der Waals surface area contributed by atoms with Crippen LogP contribution < -0.4 is 5.73 Å². The predicted octanol–water partition coefficient (Wildman–Crippen LogP) is 2.10. The lowest BCUT2D eigenvalue weighted by atomic mass is 9.95. The summed E-state index contributed by atoms with van der Waals surface area (Å²) in [4.78, 5) is 7.16. The Morgan fingerprint density at radius 1 is 1.29 bits per heavy atom. The Bertz CT molecular complexity index is 364. The predicted molar refractivity (Wildman–Crippen MR) is 68.5 cm³/mol. The third-order valence-electron chi connectivity index (χ3n) is 4.39. The molecule has 3 heteroatoms. The monoisotopic (exact) mass is 231 g/mol. The van der Waals surface area contributed by atoms with Gasteiger partial charge in [-0.3, -0.25) is 9.88 Å². The summed E-state index contributed by atoms with van der Waals surface area (Å²) < 4.78 is 0. The second-order valence-corrected chi connectivity index (χ2v) is 5.49. The molecular formula is C14H21N3. The van der Waals surface area contributed by atoms with Crippen molar-refractivity contribution in [2.24, 2.45) is 5.73 Å². The van der Waals surface area contributed by atoms with Gasteiger partial charge in [0.2, 0.25) is 0 Å². The van der Waals surface area contributed by atoms with E-state index in [-0.39, 0.29) is 0 Å². The summed E-state index contributed by atoms with van der Waals surface area (Å²) >= 11 is 0. The molecule has 3 unspecified atom stereocenters. The molecule has 92 valence electrons. The number of hydrogen-bond donors (Lipinski definition) is 1. The summed E-state index contributed by atoms with van der Waals surface area (Å²) in [6, 6.07) is 8.41. The topological polar surface area (TPSA) is 42.2 Å². The molecule has 2 bridgehead atoms. The molecule has 2 aliphatic heterocycles. The van der Waals surface area contributed by atoms with Gasteiger partial charge in [0, 0.05) is 30.4 Å². The van der Waals surface area contributed by atoms with E-state index in [1.54, 1.807) is 0 Å². The van der Waals surface area contributed by atoms with Crippen LogP contribution >= 0.6 is 0 Å². The van der Waals surface area contributed by atoms with Crippen LogP contribution in [0.15, 0.2) is 24.4 Å². The highest BCUT2D eigenvalue weighted by Gasteiger charge is 2.42. The maximum Gasteiger partial charge on any atom is 0.0572 e. The fourth-order valence-corrected chi connectivity index (χ4v) is 3.66. The van der Waals surface area contributed by atoms with Gasteiger partial charge in [-0.25, -0.2) is 0 Å². The van der Waals surface area contributed by atoms with Crippen LogP contribution in [0.25, 0.3) is 0 Å². The van der Waals surface area contributed by atoms with E-state index in [0.717, 1.165) is 12.8 Å². The van der Waals surface area contributed by atoms with Crippen molar-refractivity contribution in [1.82, 2.24) is 9.88 Å². The lowest BCUT2D eigenvalue weighted by Gasteiger charge is -2.41. The first kappa shape index (κ1) is 11.2. The van der Waals surface area contributed by atoms with E-state index in [2.05, 4.69) is 28.9 Å². The van der Waals surface area contributed by atoms with Gasteiger partial charge in [0.25, 0.3) is 0 Å². The Morgan fingerprint density at radius 2 is 2.00 bits per heavy atom. The van der Waals surface area contributed by atoms with Gasteiger partial charge in [-0.1, -0.05) is 6.07 Å². The van der Waals surface area contributed by atoms with Gasteiger partial charge in [-0.15, -0.1) is 0 Å². The lowest BCUT2D eigenvalue weighted by Crippen LogP contribution is -2.48. The SMILES string of the molecule is CC(c1ccccn1)N1C2CCC1CC(N)C2. The molecule has 0 radical (unpaired) electrons. The normalized spacial score (nSPS) is 34.8. The summed E-state index contributed by atoms with van der Waals surface area (Å²) in [5.74, 6) is 0. The van der Waals surface area contributed by atoms with Crippen molar-refractivity contribution in [1.29, 1.82) is 0 Å². The lowest BCUT2D eigenvalue weighted by molar-refractivity contribution is 0.0834. The zero-order chi connectivity index (χ0) is 11.8. The van der Waals surface area contributed by atoms with Crippen molar-refractivity contribution in [2.75, 3.05) is 0 Å². The van der Waals surface area contributed by atoms with E-state index in [4.69, 9.17) is 5.73 Å². The molecule has 0 amide bonds. The van der Waals surface area contributed by atoms with E-state index in [9.17, 15) is 0 Å². The van der Waals surface area contributed by atoms with Crippen LogP contribution in [0, 0.1) is 0 Å². The van der Waals surface area contributed by atoms with Crippen LogP contribution in [0.5, 0.6) is 0 Å². The summed E-state index contributed by atoms with van der Waals surface area (Å²) in [7, 11) is 0. The number of nitrogens with two attached hydrogens (primary N) is 1. The molecule has 2 fully saturated rings. The zero-order valence-corrected chi connectivity index (χ0v) is 10.4. The second kappa shape index (κ2) is 4.39. The summed E-state index contributed by atoms with van der Waals surface area (Å²) in [5.41, 5.74) is 7.31. The number of nitrogens with zero attached hydrogens (tertiary/aromatic N) is 2. The molecule has 0 spiro atoms. The van der Waals surface area contributed by atoms with Gasteiger partial charge in [0.15, 0.2) is 0 Å². The summed E-state index contributed by atoms with van der Waals surface area (Å²) in [6.07, 6.45) is 6.84. The smallest absolute Gasteiger partial charge is 0.0572 e. The minimum atomic E-state index is 0.416. The van der Waals surface area contributed by atoms with Gasteiger partial charge < -0.3 is 5.73 Å². The highest BCUT2D eigenvalue weighted by atomic mass is 15.3. The molecular weight excluding hydrogens is 210 g/mol. The van der Waals surface area contributed by atoms with Gasteiger partial charge in [-0.05, 0) is 44.7 Å². The van der Waals surface area contributed by atoms with Crippen molar-refractivity contribution in [3.63, 3.8) is 0 Å². The minimum Gasteiger partial charge on any atom is -0.328 e. The number of pyridine rings is 1. The maximum atomic E-state index is 6.11. The molecule has 0 aliphatic carbocycles. The maximum absolute atomic E-state index is 6.11. The zero-order valence-electron chi connectivity index (χ0n) is 10.4. The van der Waals surface area contributed by atoms with Gasteiger partial charge >= 0.3 is 0 Å². The minimum absolute atomic E-state index is 0.416. The van der Waals surface area contributed by atoms with Crippen LogP contribution in [0.4, 0.5) is 0 Å². The first-order valence-corrected chi connectivity index (χ1v) is 6.69. The quantitative estimate of drug-likeness (QED) is 0.847. The first-order chi connectivity index (χ1) is 8.25. The number of aromatic nitrogens is 1. The number of piperidine rings is 1. The molecule has 0 aromatic carbocycles. The largest absolute Gasteiger partial charge is 0.328 e. The molecule has 17 heavy (non-hydrogen) atoms. The third-order valence-corrected chi connectivity index (χ3v) is 4.39. The molecule has 3 heterocycles. The van der Waals surface area contributed by atoms with Crippen molar-refractivity contribution < 1.29 is 0 Å². The number of rotatable bonds is 2. The van der Waals surface area contributed by atoms with Crippen molar-refractivity contribution in [3.05, 3.63) is 30.1 Å². The van der Waals surface area contributed by atoms with Gasteiger partial charge in [0.1, 0.15) is 0 Å². The van der Waals surface area contributed by atoms with Crippen molar-refractivity contribution in [2.45, 2.75) is 56.8 Å². The third kappa shape index (κ3) is 1.98. The van der Waals surface area contributed by atoms with E-state index < -0.39 is 0 Å². The van der Waals surface area contributed by atoms with Crippen LogP contribution in [0.2, 0.25) is 0 Å². The molecule has 2 aliphatic rings. The first-order valence-electron chi connectivity index (χ1n) is 6.69. The Balaban J connectivity index is 1.81. The van der Waals surface area contributed by atoms with E-state index in [1.165, 1.54) is 18.5 Å². The van der Waals surface area contributed by atoms with E-state index in [1.807, 2.05) is 12.3 Å². The Kier molecular flexibility index (Phi) is 2.89. The van der Waals surface area contributed by atoms with Crippen molar-refractivity contribution in [3.8, 4) is 0 Å². The molecule has 3 nitrogen and oxygen atoms in total. The fraction of sp³-hybridized carbons (Fsp3) is 0.643. The Labute approximate surface area is 103 Å². The second-order valence-electron chi connectivity index (χ2n) is 5.49. The summed E-state index contributed by atoms with van der Waals surface area (Å²) in [5, 5.41) is 0. The van der Waals surface area contributed by atoms with E-state index in [0.29, 0.717) is 24.2 Å². The average Bonchev–Trinajstić information content (AvgIpc) is 2.62. The summed E-state index contributed by atoms with van der Waals surface area (Å²) in [6.45, 7) is 2.28. The van der Waals surface area contributed by atoms with Gasteiger partial charge in [-0.2, -0.15) is 0 Å². The van der Waals surface area contributed by atoms with Crippen LogP contribution in [0.1, 0.15) is 44.3 Å². The molecule has 3 atom stereocenters.